The second kappa shape index (κ2) is 7.78. The maximum Gasteiger partial charge on any atom is 0.261 e. The van der Waals surface area contributed by atoms with Crippen molar-refractivity contribution >= 4 is 27.3 Å². The molecule has 3 rings (SSSR count). The number of carbonyl (C=O) groups excluding carboxylic acids is 1. The smallest absolute Gasteiger partial charge is 0.261 e. The van der Waals surface area contributed by atoms with Gasteiger partial charge in [0.2, 0.25) is 5.91 Å². The highest BCUT2D eigenvalue weighted by Gasteiger charge is 2.23. The molecule has 0 aromatic heterocycles. The van der Waals surface area contributed by atoms with Gasteiger partial charge in [-0.2, -0.15) is 0 Å². The second-order valence-electron chi connectivity index (χ2n) is 6.33. The molecule has 0 heterocycles. The normalized spacial score (nSPS) is 14.8. The highest BCUT2D eigenvalue weighted by atomic mass is 32.2. The summed E-state index contributed by atoms with van der Waals surface area (Å²) in [5.74, 6) is 0.623. The van der Waals surface area contributed by atoms with Crippen LogP contribution >= 0.6 is 0 Å². The Balaban J connectivity index is 1.73. The van der Waals surface area contributed by atoms with Crippen molar-refractivity contribution in [3.05, 3.63) is 48.5 Å². The van der Waals surface area contributed by atoms with Crippen molar-refractivity contribution in [3.8, 4) is 5.75 Å². The lowest BCUT2D eigenvalue weighted by Crippen LogP contribution is -2.20. The topological polar surface area (TPSA) is 84.5 Å². The van der Waals surface area contributed by atoms with Gasteiger partial charge >= 0.3 is 0 Å². The first-order chi connectivity index (χ1) is 12.5. The average molecular weight is 374 g/mol. The lowest BCUT2D eigenvalue weighted by molar-refractivity contribution is -0.119. The third-order valence-electron chi connectivity index (χ3n) is 4.48. The van der Waals surface area contributed by atoms with E-state index in [2.05, 4.69) is 10.0 Å². The van der Waals surface area contributed by atoms with Crippen LogP contribution in [0.15, 0.2) is 53.4 Å². The average Bonchev–Trinajstić information content (AvgIpc) is 3.17. The van der Waals surface area contributed by atoms with Crippen LogP contribution in [0, 0.1) is 5.92 Å². The molecule has 0 spiro atoms. The van der Waals surface area contributed by atoms with Gasteiger partial charge in [0.15, 0.2) is 0 Å². The van der Waals surface area contributed by atoms with Gasteiger partial charge in [-0.25, -0.2) is 8.42 Å². The lowest BCUT2D eigenvalue weighted by Gasteiger charge is -2.12. The number of rotatable bonds is 6. The van der Waals surface area contributed by atoms with Crippen molar-refractivity contribution in [3.63, 3.8) is 0 Å². The van der Waals surface area contributed by atoms with Crippen LogP contribution in [0.1, 0.15) is 25.7 Å². The number of benzene rings is 2. The van der Waals surface area contributed by atoms with E-state index in [1.54, 1.807) is 43.5 Å². The third kappa shape index (κ3) is 4.35. The Morgan fingerprint density at radius 3 is 2.38 bits per heavy atom. The van der Waals surface area contributed by atoms with E-state index in [4.69, 9.17) is 4.74 Å². The zero-order valence-electron chi connectivity index (χ0n) is 14.6. The van der Waals surface area contributed by atoms with E-state index in [0.717, 1.165) is 25.7 Å². The lowest BCUT2D eigenvalue weighted by atomic mass is 10.1. The number of nitrogens with one attached hydrogen (secondary N) is 2. The predicted molar refractivity (Wildman–Crippen MR) is 101 cm³/mol. The van der Waals surface area contributed by atoms with E-state index >= 15 is 0 Å². The van der Waals surface area contributed by atoms with Crippen molar-refractivity contribution in [1.82, 2.24) is 0 Å². The van der Waals surface area contributed by atoms with E-state index < -0.39 is 10.0 Å². The van der Waals surface area contributed by atoms with Crippen LogP contribution in [0.2, 0.25) is 0 Å². The Kier molecular flexibility index (Phi) is 5.46. The molecule has 2 aromatic rings. The van der Waals surface area contributed by atoms with E-state index in [9.17, 15) is 13.2 Å². The summed E-state index contributed by atoms with van der Waals surface area (Å²) >= 11 is 0. The Hall–Kier alpha value is -2.54. The molecule has 1 fully saturated rings. The molecule has 0 aliphatic heterocycles. The van der Waals surface area contributed by atoms with Gasteiger partial charge < -0.3 is 10.1 Å². The zero-order valence-corrected chi connectivity index (χ0v) is 15.4. The zero-order chi connectivity index (χ0) is 18.6. The highest BCUT2D eigenvalue weighted by molar-refractivity contribution is 7.92. The van der Waals surface area contributed by atoms with E-state index in [-0.39, 0.29) is 16.7 Å². The molecule has 6 nitrogen and oxygen atoms in total. The molecule has 2 N–H and O–H groups in total. The first-order valence-electron chi connectivity index (χ1n) is 8.56. The van der Waals surface area contributed by atoms with Crippen LogP contribution in [0.25, 0.3) is 0 Å². The van der Waals surface area contributed by atoms with Gasteiger partial charge in [0.25, 0.3) is 10.0 Å². The molecule has 0 unspecified atom stereocenters. The van der Waals surface area contributed by atoms with E-state index in [1.165, 1.54) is 12.1 Å². The number of hydrogen-bond acceptors (Lipinski definition) is 4. The first kappa shape index (κ1) is 18.3. The first-order valence-corrected chi connectivity index (χ1v) is 10.0. The molecule has 0 saturated heterocycles. The van der Waals surface area contributed by atoms with Crippen LogP contribution in [-0.4, -0.2) is 21.4 Å². The van der Waals surface area contributed by atoms with Crippen molar-refractivity contribution in [2.24, 2.45) is 5.92 Å². The number of sulfonamides is 1. The minimum absolute atomic E-state index is 0.0210. The fraction of sp³-hybridized carbons (Fsp3) is 0.316. The van der Waals surface area contributed by atoms with Gasteiger partial charge in [0, 0.05) is 17.3 Å². The summed E-state index contributed by atoms with van der Waals surface area (Å²) in [5, 5.41) is 2.83. The summed E-state index contributed by atoms with van der Waals surface area (Å²) in [4.78, 5) is 12.3. The van der Waals surface area contributed by atoms with E-state index in [0.29, 0.717) is 17.1 Å². The number of amides is 1. The summed E-state index contributed by atoms with van der Waals surface area (Å²) in [7, 11) is -2.21. The van der Waals surface area contributed by atoms with Crippen molar-refractivity contribution < 1.29 is 17.9 Å². The fourth-order valence-electron chi connectivity index (χ4n) is 3.05. The minimum atomic E-state index is -3.75. The largest absolute Gasteiger partial charge is 0.497 e. The van der Waals surface area contributed by atoms with Gasteiger partial charge in [0.1, 0.15) is 5.75 Å². The number of methoxy groups -OCH3 is 1. The number of carbonyl (C=O) groups is 1. The van der Waals surface area contributed by atoms with Crippen LogP contribution in [0.5, 0.6) is 5.75 Å². The maximum absolute atomic E-state index is 12.6. The number of anilines is 2. The summed E-state index contributed by atoms with van der Waals surface area (Å²) in [6.07, 6.45) is 3.92. The predicted octanol–water partition coefficient (Wildman–Crippen LogP) is 3.62. The molecule has 0 bridgehead atoms. The molecule has 1 aliphatic carbocycles. The molecule has 1 aliphatic rings. The van der Waals surface area contributed by atoms with Gasteiger partial charge in [-0.15, -0.1) is 0 Å². The van der Waals surface area contributed by atoms with Gasteiger partial charge in [-0.1, -0.05) is 18.9 Å². The number of ether oxygens (including phenoxy) is 1. The summed E-state index contributed by atoms with van der Waals surface area (Å²) in [5.41, 5.74) is 0.922. The Labute approximate surface area is 153 Å². The quantitative estimate of drug-likeness (QED) is 0.809. The molecule has 2 aromatic carbocycles. The summed E-state index contributed by atoms with van der Waals surface area (Å²) in [6.45, 7) is 0. The minimum Gasteiger partial charge on any atom is -0.497 e. The summed E-state index contributed by atoms with van der Waals surface area (Å²) in [6, 6.07) is 12.9. The molecule has 1 amide bonds. The SMILES string of the molecule is COc1ccc(NS(=O)(=O)c2cccc(NC(=O)C3CCCC3)c2)cc1. The van der Waals surface area contributed by atoms with E-state index in [1.807, 2.05) is 0 Å². The second-order valence-corrected chi connectivity index (χ2v) is 8.01. The monoisotopic (exact) mass is 374 g/mol. The van der Waals surface area contributed by atoms with Gasteiger partial charge in [-0.3, -0.25) is 9.52 Å². The molecular formula is C19H22N2O4S. The van der Waals surface area contributed by atoms with Crippen LogP contribution in [-0.2, 0) is 14.8 Å². The molecular weight excluding hydrogens is 352 g/mol. The molecule has 0 radical (unpaired) electrons. The van der Waals surface area contributed by atoms with Gasteiger partial charge in [-0.05, 0) is 55.3 Å². The Morgan fingerprint density at radius 2 is 1.73 bits per heavy atom. The standard InChI is InChI=1S/C19H22N2O4S/c1-25-17-11-9-15(10-12-17)21-26(23,24)18-8-4-7-16(13-18)20-19(22)14-5-2-3-6-14/h4,7-14,21H,2-3,5-6H2,1H3,(H,20,22). The van der Waals surface area contributed by atoms with Crippen LogP contribution < -0.4 is 14.8 Å². The Bertz CT molecular complexity index is 873. The number of hydrogen-bond donors (Lipinski definition) is 2. The molecule has 26 heavy (non-hydrogen) atoms. The van der Waals surface area contributed by atoms with Crippen LogP contribution in [0.4, 0.5) is 11.4 Å². The van der Waals surface area contributed by atoms with Gasteiger partial charge in [0.05, 0.1) is 12.0 Å². The fourth-order valence-corrected chi connectivity index (χ4v) is 4.15. The Morgan fingerprint density at radius 1 is 1.04 bits per heavy atom. The maximum atomic E-state index is 12.6. The summed E-state index contributed by atoms with van der Waals surface area (Å²) < 4.78 is 32.8. The highest BCUT2D eigenvalue weighted by Crippen LogP contribution is 2.27. The van der Waals surface area contributed by atoms with Crippen molar-refractivity contribution in [2.75, 3.05) is 17.1 Å². The molecule has 1 saturated carbocycles. The molecule has 7 heteroatoms. The third-order valence-corrected chi connectivity index (χ3v) is 5.86. The van der Waals surface area contributed by atoms with Crippen LogP contribution in [0.3, 0.4) is 0 Å². The van der Waals surface area contributed by atoms with Crippen molar-refractivity contribution in [2.45, 2.75) is 30.6 Å². The molecule has 138 valence electrons. The van der Waals surface area contributed by atoms with Crippen molar-refractivity contribution in [1.29, 1.82) is 0 Å². The molecule has 0 atom stereocenters.